The Balaban J connectivity index is 2.01. The number of aryl methyl sites for hydroxylation is 1. The molecule has 0 bridgehead atoms. The monoisotopic (exact) mass is 280 g/mol. The Bertz CT molecular complexity index is 747. The highest BCUT2D eigenvalue weighted by atomic mass is 16.3. The summed E-state index contributed by atoms with van der Waals surface area (Å²) in [6, 6.07) is 4.41. The van der Waals surface area contributed by atoms with Crippen LogP contribution in [0.3, 0.4) is 0 Å². The lowest BCUT2D eigenvalue weighted by Crippen LogP contribution is -2.45. The van der Waals surface area contributed by atoms with E-state index in [2.05, 4.69) is 52.0 Å². The second-order valence-electron chi connectivity index (χ2n) is 7.89. The smallest absolute Gasteiger partial charge is 0.134 e. The first kappa shape index (κ1) is 13.2. The van der Waals surface area contributed by atoms with Crippen molar-refractivity contribution in [2.24, 2.45) is 11.3 Å². The van der Waals surface area contributed by atoms with Gasteiger partial charge in [0.2, 0.25) is 0 Å². The lowest BCUT2D eigenvalue weighted by atomic mass is 9.52. The number of hydrogen-bond acceptors (Lipinski definition) is 1. The van der Waals surface area contributed by atoms with Gasteiger partial charge in [0.1, 0.15) is 5.58 Å². The van der Waals surface area contributed by atoms with Crippen LogP contribution >= 0.6 is 0 Å². The normalized spacial score (nSPS) is 30.2. The van der Waals surface area contributed by atoms with Gasteiger partial charge in [-0.25, -0.2) is 0 Å². The number of allylic oxidation sites excluding steroid dienone is 1. The van der Waals surface area contributed by atoms with Crippen LogP contribution in [0.25, 0.3) is 17.0 Å². The number of rotatable bonds is 0. The van der Waals surface area contributed by atoms with Crippen molar-refractivity contribution in [2.75, 3.05) is 0 Å². The average molecular weight is 280 g/mol. The van der Waals surface area contributed by atoms with Gasteiger partial charge in [-0.1, -0.05) is 39.3 Å². The first-order valence-corrected chi connectivity index (χ1v) is 8.13. The van der Waals surface area contributed by atoms with E-state index in [0.29, 0.717) is 11.3 Å². The van der Waals surface area contributed by atoms with E-state index < -0.39 is 0 Å². The minimum Gasteiger partial charge on any atom is -0.464 e. The number of benzene rings is 1. The second-order valence-corrected chi connectivity index (χ2v) is 7.89. The van der Waals surface area contributed by atoms with Crippen LogP contribution in [0.5, 0.6) is 0 Å². The zero-order chi connectivity index (χ0) is 14.8. The van der Waals surface area contributed by atoms with Gasteiger partial charge in [0, 0.05) is 10.8 Å². The molecule has 0 spiro atoms. The van der Waals surface area contributed by atoms with E-state index in [1.54, 1.807) is 0 Å². The minimum atomic E-state index is 0.248. The van der Waals surface area contributed by atoms with E-state index in [4.69, 9.17) is 4.42 Å². The highest BCUT2D eigenvalue weighted by Gasteiger charge is 2.48. The van der Waals surface area contributed by atoms with E-state index in [9.17, 15) is 0 Å². The predicted octanol–water partition coefficient (Wildman–Crippen LogP) is 5.85. The quantitative estimate of drug-likeness (QED) is 0.589. The first-order valence-electron chi connectivity index (χ1n) is 8.13. The Kier molecular flexibility index (Phi) is 2.53. The Morgan fingerprint density at radius 1 is 1.19 bits per heavy atom. The van der Waals surface area contributed by atoms with Crippen LogP contribution in [0.1, 0.15) is 56.7 Å². The Morgan fingerprint density at radius 2 is 2.00 bits per heavy atom. The summed E-state index contributed by atoms with van der Waals surface area (Å²) in [7, 11) is 0. The SMILES string of the molecule is Cc1c2c(cc3occc13)C1(C)CCCC(C)(C)C1C=C2. The third-order valence-electron chi connectivity index (χ3n) is 6.18. The molecule has 110 valence electrons. The molecule has 1 aromatic carbocycles. The second kappa shape index (κ2) is 4.03. The van der Waals surface area contributed by atoms with Gasteiger partial charge in [-0.3, -0.25) is 0 Å². The van der Waals surface area contributed by atoms with Crippen LogP contribution in [-0.4, -0.2) is 0 Å². The van der Waals surface area contributed by atoms with Crippen molar-refractivity contribution in [3.05, 3.63) is 41.2 Å². The molecule has 0 amide bonds. The zero-order valence-electron chi connectivity index (χ0n) is 13.5. The van der Waals surface area contributed by atoms with Crippen LogP contribution in [-0.2, 0) is 5.41 Å². The largest absolute Gasteiger partial charge is 0.464 e. The van der Waals surface area contributed by atoms with Crippen molar-refractivity contribution in [3.8, 4) is 0 Å². The van der Waals surface area contributed by atoms with Gasteiger partial charge in [-0.05, 0) is 59.9 Å². The van der Waals surface area contributed by atoms with Gasteiger partial charge in [0.15, 0.2) is 0 Å². The van der Waals surface area contributed by atoms with E-state index in [1.807, 2.05) is 6.26 Å². The Labute approximate surface area is 127 Å². The molecule has 2 unspecified atom stereocenters. The summed E-state index contributed by atoms with van der Waals surface area (Å²) in [4.78, 5) is 0. The van der Waals surface area contributed by atoms with Gasteiger partial charge in [0.05, 0.1) is 6.26 Å². The van der Waals surface area contributed by atoms with Crippen molar-refractivity contribution >= 4 is 17.0 Å². The van der Waals surface area contributed by atoms with Crippen molar-refractivity contribution in [3.63, 3.8) is 0 Å². The molecule has 2 aromatic rings. The average Bonchev–Trinajstić information content (AvgIpc) is 2.87. The molecule has 0 radical (unpaired) electrons. The van der Waals surface area contributed by atoms with Crippen LogP contribution in [0, 0.1) is 18.3 Å². The maximum atomic E-state index is 5.72. The van der Waals surface area contributed by atoms with Crippen LogP contribution in [0.4, 0.5) is 0 Å². The molecule has 1 fully saturated rings. The van der Waals surface area contributed by atoms with Crippen molar-refractivity contribution < 1.29 is 4.42 Å². The van der Waals surface area contributed by atoms with Crippen molar-refractivity contribution in [1.29, 1.82) is 0 Å². The molecule has 4 rings (SSSR count). The van der Waals surface area contributed by atoms with E-state index in [0.717, 1.165) is 5.58 Å². The summed E-state index contributed by atoms with van der Waals surface area (Å²) in [5.74, 6) is 0.623. The molecular weight excluding hydrogens is 256 g/mol. The molecule has 0 aliphatic heterocycles. The topological polar surface area (TPSA) is 13.1 Å². The third-order valence-corrected chi connectivity index (χ3v) is 6.18. The van der Waals surface area contributed by atoms with Crippen LogP contribution in [0.2, 0.25) is 0 Å². The zero-order valence-corrected chi connectivity index (χ0v) is 13.5. The molecule has 1 nitrogen and oxygen atoms in total. The molecule has 1 heteroatoms. The minimum absolute atomic E-state index is 0.248. The van der Waals surface area contributed by atoms with Gasteiger partial charge in [-0.15, -0.1) is 0 Å². The van der Waals surface area contributed by atoms with Gasteiger partial charge < -0.3 is 4.42 Å². The van der Waals surface area contributed by atoms with Gasteiger partial charge in [0.25, 0.3) is 0 Å². The number of fused-ring (bicyclic) bond motifs is 4. The molecule has 21 heavy (non-hydrogen) atoms. The summed E-state index contributed by atoms with van der Waals surface area (Å²) in [5.41, 5.74) is 5.98. The molecule has 1 heterocycles. The highest BCUT2D eigenvalue weighted by molar-refractivity contribution is 5.87. The Morgan fingerprint density at radius 3 is 2.81 bits per heavy atom. The maximum Gasteiger partial charge on any atom is 0.134 e. The van der Waals surface area contributed by atoms with E-state index >= 15 is 0 Å². The summed E-state index contributed by atoms with van der Waals surface area (Å²) >= 11 is 0. The molecular formula is C20H24O. The maximum absolute atomic E-state index is 5.72. The summed E-state index contributed by atoms with van der Waals surface area (Å²) < 4.78 is 5.72. The number of furan rings is 1. The lowest BCUT2D eigenvalue weighted by molar-refractivity contribution is 0.0909. The van der Waals surface area contributed by atoms with E-state index in [-0.39, 0.29) is 5.41 Å². The molecule has 1 saturated carbocycles. The molecule has 0 saturated heterocycles. The standard InChI is InChI=1S/C20H24O/c1-13-14-6-7-18-19(2,3)9-5-10-20(18,4)16(14)12-17-15(13)8-11-21-17/h6-8,11-12,18H,5,9-10H2,1-4H3. The summed E-state index contributed by atoms with van der Waals surface area (Å²) in [6.45, 7) is 9.57. The summed E-state index contributed by atoms with van der Waals surface area (Å²) in [5, 5.41) is 1.26. The van der Waals surface area contributed by atoms with Crippen LogP contribution in [0.15, 0.2) is 28.9 Å². The highest BCUT2D eigenvalue weighted by Crippen LogP contribution is 2.56. The molecule has 2 aliphatic rings. The third kappa shape index (κ3) is 1.64. The fraction of sp³-hybridized carbons (Fsp3) is 0.500. The van der Waals surface area contributed by atoms with Crippen LogP contribution < -0.4 is 0 Å². The Hall–Kier alpha value is -1.50. The summed E-state index contributed by atoms with van der Waals surface area (Å²) in [6.07, 6.45) is 10.6. The fourth-order valence-electron chi connectivity index (χ4n) is 5.04. The molecule has 0 N–H and O–H groups in total. The molecule has 2 atom stereocenters. The molecule has 2 aliphatic carbocycles. The molecule has 1 aromatic heterocycles. The van der Waals surface area contributed by atoms with E-state index in [1.165, 1.54) is 41.3 Å². The lowest BCUT2D eigenvalue weighted by Gasteiger charge is -2.52. The number of hydrogen-bond donors (Lipinski definition) is 0. The van der Waals surface area contributed by atoms with Crippen molar-refractivity contribution in [1.82, 2.24) is 0 Å². The van der Waals surface area contributed by atoms with Crippen molar-refractivity contribution in [2.45, 2.75) is 52.4 Å². The van der Waals surface area contributed by atoms with Gasteiger partial charge >= 0.3 is 0 Å². The predicted molar refractivity (Wildman–Crippen MR) is 88.5 cm³/mol. The van der Waals surface area contributed by atoms with Gasteiger partial charge in [-0.2, -0.15) is 0 Å². The fourth-order valence-corrected chi connectivity index (χ4v) is 5.04. The first-order chi connectivity index (χ1) is 9.93.